The van der Waals surface area contributed by atoms with E-state index in [4.69, 9.17) is 9.15 Å². The van der Waals surface area contributed by atoms with Gasteiger partial charge in [-0.1, -0.05) is 11.3 Å². The predicted molar refractivity (Wildman–Crippen MR) is 82.6 cm³/mol. The van der Waals surface area contributed by atoms with Crippen molar-refractivity contribution in [3.05, 3.63) is 42.7 Å². The molecule has 110 valence electrons. The molecular formula is C14H11N5O2S. The Morgan fingerprint density at radius 2 is 2.05 bits per heavy atom. The molecule has 0 fully saturated rings. The van der Waals surface area contributed by atoms with Crippen molar-refractivity contribution in [2.45, 2.75) is 0 Å². The average molecular weight is 313 g/mol. The highest BCUT2D eigenvalue weighted by Crippen LogP contribution is 2.27. The summed E-state index contributed by atoms with van der Waals surface area (Å²) in [6, 6.07) is 11.3. The van der Waals surface area contributed by atoms with Crippen LogP contribution in [0.5, 0.6) is 5.75 Å². The van der Waals surface area contributed by atoms with Crippen LogP contribution in [0.1, 0.15) is 0 Å². The Morgan fingerprint density at radius 1 is 1.18 bits per heavy atom. The molecule has 0 amide bonds. The van der Waals surface area contributed by atoms with Gasteiger partial charge < -0.3 is 14.5 Å². The number of anilines is 2. The van der Waals surface area contributed by atoms with Gasteiger partial charge in [-0.05, 0) is 36.4 Å². The van der Waals surface area contributed by atoms with Crippen LogP contribution in [0.2, 0.25) is 0 Å². The van der Waals surface area contributed by atoms with Crippen molar-refractivity contribution in [2.24, 2.45) is 0 Å². The van der Waals surface area contributed by atoms with Crippen molar-refractivity contribution in [1.29, 1.82) is 0 Å². The molecule has 0 unspecified atom stereocenters. The lowest BCUT2D eigenvalue weighted by Gasteiger charge is -2.03. The number of nitrogens with one attached hydrogen (secondary N) is 1. The van der Waals surface area contributed by atoms with E-state index < -0.39 is 0 Å². The van der Waals surface area contributed by atoms with Gasteiger partial charge in [-0.3, -0.25) is 0 Å². The fraction of sp³-hybridized carbons (Fsp3) is 0.0714. The van der Waals surface area contributed by atoms with Crippen molar-refractivity contribution in [3.63, 3.8) is 0 Å². The smallest absolute Gasteiger partial charge is 0.236 e. The van der Waals surface area contributed by atoms with E-state index in [1.54, 1.807) is 24.0 Å². The van der Waals surface area contributed by atoms with E-state index in [9.17, 15) is 0 Å². The minimum absolute atomic E-state index is 0.582. The lowest BCUT2D eigenvalue weighted by molar-refractivity contribution is 0.415. The van der Waals surface area contributed by atoms with Crippen molar-refractivity contribution >= 4 is 27.1 Å². The zero-order valence-electron chi connectivity index (χ0n) is 11.6. The Morgan fingerprint density at radius 3 is 2.77 bits per heavy atom. The van der Waals surface area contributed by atoms with Crippen molar-refractivity contribution < 1.29 is 9.15 Å². The molecule has 1 N–H and O–H groups in total. The maximum Gasteiger partial charge on any atom is 0.236 e. The molecule has 0 aliphatic rings. The average Bonchev–Trinajstić information content (AvgIpc) is 3.24. The highest BCUT2D eigenvalue weighted by Gasteiger charge is 2.15. The third-order valence-corrected chi connectivity index (χ3v) is 3.89. The van der Waals surface area contributed by atoms with Gasteiger partial charge in [-0.15, -0.1) is 15.3 Å². The molecule has 3 heterocycles. The summed E-state index contributed by atoms with van der Waals surface area (Å²) in [7, 11) is 1.64. The van der Waals surface area contributed by atoms with Gasteiger partial charge in [0.15, 0.2) is 5.76 Å². The van der Waals surface area contributed by atoms with Crippen molar-refractivity contribution in [1.82, 2.24) is 19.8 Å². The van der Waals surface area contributed by atoms with E-state index in [1.807, 2.05) is 30.3 Å². The summed E-state index contributed by atoms with van der Waals surface area (Å²) < 4.78 is 12.1. The van der Waals surface area contributed by atoms with Crippen LogP contribution in [0.4, 0.5) is 10.8 Å². The summed E-state index contributed by atoms with van der Waals surface area (Å²) in [6.07, 6.45) is 1.60. The van der Waals surface area contributed by atoms with Gasteiger partial charge in [0.2, 0.25) is 15.9 Å². The van der Waals surface area contributed by atoms with E-state index in [0.29, 0.717) is 16.5 Å². The van der Waals surface area contributed by atoms with Crippen LogP contribution in [-0.2, 0) is 0 Å². The summed E-state index contributed by atoms with van der Waals surface area (Å²) in [5, 5.41) is 16.6. The zero-order valence-corrected chi connectivity index (χ0v) is 12.4. The Labute approximate surface area is 129 Å². The van der Waals surface area contributed by atoms with Gasteiger partial charge in [0.05, 0.1) is 13.4 Å². The van der Waals surface area contributed by atoms with Crippen LogP contribution in [0.15, 0.2) is 47.1 Å². The van der Waals surface area contributed by atoms with Gasteiger partial charge in [-0.2, -0.15) is 4.52 Å². The summed E-state index contributed by atoms with van der Waals surface area (Å²) in [6.45, 7) is 0. The zero-order chi connectivity index (χ0) is 14.9. The molecule has 7 nitrogen and oxygen atoms in total. The maximum atomic E-state index is 5.35. The first-order chi connectivity index (χ1) is 10.8. The van der Waals surface area contributed by atoms with Crippen LogP contribution in [0.3, 0.4) is 0 Å². The van der Waals surface area contributed by atoms with Gasteiger partial charge in [0, 0.05) is 5.69 Å². The van der Waals surface area contributed by atoms with Crippen LogP contribution in [-0.4, -0.2) is 26.9 Å². The molecule has 0 spiro atoms. The fourth-order valence-corrected chi connectivity index (χ4v) is 2.78. The number of fused-ring (bicyclic) bond motifs is 1. The van der Waals surface area contributed by atoms with E-state index in [2.05, 4.69) is 20.6 Å². The molecule has 3 aromatic heterocycles. The molecule has 1 aromatic carbocycles. The molecular weight excluding hydrogens is 302 g/mol. The monoisotopic (exact) mass is 313 g/mol. The van der Waals surface area contributed by atoms with Gasteiger partial charge in [-0.25, -0.2) is 0 Å². The molecule has 0 saturated carbocycles. The lowest BCUT2D eigenvalue weighted by Crippen LogP contribution is -1.93. The van der Waals surface area contributed by atoms with E-state index >= 15 is 0 Å². The Kier molecular flexibility index (Phi) is 3.01. The van der Waals surface area contributed by atoms with Gasteiger partial charge >= 0.3 is 0 Å². The molecule has 0 radical (unpaired) electrons. The number of hydrogen-bond donors (Lipinski definition) is 1. The molecule has 4 rings (SSSR count). The Hall–Kier alpha value is -2.87. The molecule has 0 aliphatic heterocycles. The molecule has 8 heteroatoms. The van der Waals surface area contributed by atoms with Gasteiger partial charge in [0.1, 0.15) is 5.75 Å². The normalized spacial score (nSPS) is 11.0. The molecule has 0 aliphatic carbocycles. The number of nitrogens with zero attached hydrogens (tertiary/aromatic N) is 4. The quantitative estimate of drug-likeness (QED) is 0.623. The molecule has 22 heavy (non-hydrogen) atoms. The first-order valence-corrected chi connectivity index (χ1v) is 7.32. The first kappa shape index (κ1) is 12.8. The third-order valence-electron chi connectivity index (χ3n) is 3.07. The molecule has 0 bridgehead atoms. The second-order valence-corrected chi connectivity index (χ2v) is 5.41. The van der Waals surface area contributed by atoms with Gasteiger partial charge in [0.25, 0.3) is 0 Å². The predicted octanol–water partition coefficient (Wildman–Crippen LogP) is 3.20. The lowest BCUT2D eigenvalue weighted by atomic mass is 10.3. The van der Waals surface area contributed by atoms with Crippen LogP contribution < -0.4 is 10.1 Å². The fourth-order valence-electron chi connectivity index (χ4n) is 2.02. The third kappa shape index (κ3) is 2.19. The number of ether oxygens (including phenoxy) is 1. The number of rotatable bonds is 4. The second kappa shape index (κ2) is 5.15. The molecule has 0 saturated heterocycles. The SMILES string of the molecule is COc1ccc(Nc2nn3c(-c4ccco4)nnc3s2)cc1. The maximum absolute atomic E-state index is 5.35. The second-order valence-electron chi connectivity index (χ2n) is 4.46. The highest BCUT2D eigenvalue weighted by atomic mass is 32.1. The van der Waals surface area contributed by atoms with Crippen LogP contribution in [0, 0.1) is 0 Å². The molecule has 0 atom stereocenters. The summed E-state index contributed by atoms with van der Waals surface area (Å²) in [5.41, 5.74) is 0.922. The standard InChI is InChI=1S/C14H11N5O2S/c1-20-10-6-4-9(5-7-10)15-13-18-19-12(11-3-2-8-21-11)16-17-14(19)22-13/h2-8H,1H3,(H,15,18). The number of hydrogen-bond acceptors (Lipinski definition) is 7. The minimum atomic E-state index is 0.582. The number of benzene rings is 1. The summed E-state index contributed by atoms with van der Waals surface area (Å²) >= 11 is 1.41. The Balaban J connectivity index is 1.65. The number of aromatic nitrogens is 4. The van der Waals surface area contributed by atoms with Crippen LogP contribution in [0.25, 0.3) is 16.5 Å². The van der Waals surface area contributed by atoms with Crippen molar-refractivity contribution in [2.75, 3.05) is 12.4 Å². The van der Waals surface area contributed by atoms with Crippen molar-refractivity contribution in [3.8, 4) is 17.3 Å². The van der Waals surface area contributed by atoms with E-state index in [0.717, 1.165) is 16.6 Å². The highest BCUT2D eigenvalue weighted by molar-refractivity contribution is 7.20. The van der Waals surface area contributed by atoms with E-state index in [-0.39, 0.29) is 0 Å². The first-order valence-electron chi connectivity index (χ1n) is 6.51. The topological polar surface area (TPSA) is 77.5 Å². The Bertz CT molecular complexity index is 895. The van der Waals surface area contributed by atoms with E-state index in [1.165, 1.54) is 11.3 Å². The molecule has 4 aromatic rings. The summed E-state index contributed by atoms with van der Waals surface area (Å²) in [4.78, 5) is 0.697. The largest absolute Gasteiger partial charge is 0.497 e. The summed E-state index contributed by atoms with van der Waals surface area (Å²) in [5.74, 6) is 2.02. The van der Waals surface area contributed by atoms with Crippen LogP contribution >= 0.6 is 11.3 Å². The number of methoxy groups -OCH3 is 1. The minimum Gasteiger partial charge on any atom is -0.497 e. The number of furan rings is 1.